The maximum absolute atomic E-state index is 12.9. The molecule has 0 radical (unpaired) electrons. The number of nitro benzene ring substituents is 1. The number of hydrazone groups is 1. The van der Waals surface area contributed by atoms with Crippen molar-refractivity contribution in [1.29, 1.82) is 0 Å². The smallest absolute Gasteiger partial charge is 0.288 e. The second-order valence-corrected chi connectivity index (χ2v) is 6.75. The number of amides is 1. The van der Waals surface area contributed by atoms with Crippen LogP contribution in [-0.2, 0) is 0 Å². The SMILES string of the molecule is O=C(N/N=C\c1ccc([N+](=O)[O-])cc1)c1[nH]c(-c2ccccc2)cc1-c1ccccc1. The van der Waals surface area contributed by atoms with Crippen molar-refractivity contribution in [3.63, 3.8) is 0 Å². The third-order valence-electron chi connectivity index (χ3n) is 4.70. The van der Waals surface area contributed by atoms with Crippen LogP contribution in [0, 0.1) is 10.1 Å². The van der Waals surface area contributed by atoms with Gasteiger partial charge >= 0.3 is 0 Å². The molecule has 3 aromatic carbocycles. The van der Waals surface area contributed by atoms with Gasteiger partial charge < -0.3 is 4.98 Å². The van der Waals surface area contributed by atoms with E-state index < -0.39 is 4.92 Å². The molecule has 0 bridgehead atoms. The van der Waals surface area contributed by atoms with Crippen LogP contribution in [0.25, 0.3) is 22.4 Å². The van der Waals surface area contributed by atoms with Gasteiger partial charge in [-0.3, -0.25) is 14.9 Å². The summed E-state index contributed by atoms with van der Waals surface area (Å²) in [5.41, 5.74) is 7.01. The Balaban J connectivity index is 1.59. The van der Waals surface area contributed by atoms with Gasteiger partial charge in [-0.1, -0.05) is 60.7 Å². The van der Waals surface area contributed by atoms with Gasteiger partial charge in [0, 0.05) is 23.4 Å². The van der Waals surface area contributed by atoms with E-state index in [0.717, 1.165) is 22.4 Å². The summed E-state index contributed by atoms with van der Waals surface area (Å²) < 4.78 is 0. The van der Waals surface area contributed by atoms with Crippen LogP contribution < -0.4 is 5.43 Å². The normalized spacial score (nSPS) is 10.8. The minimum absolute atomic E-state index is 0.00600. The van der Waals surface area contributed by atoms with E-state index in [2.05, 4.69) is 15.5 Å². The van der Waals surface area contributed by atoms with Crippen LogP contribution in [0.15, 0.2) is 96.1 Å². The van der Waals surface area contributed by atoms with Crippen LogP contribution in [0.1, 0.15) is 16.1 Å². The van der Waals surface area contributed by atoms with Gasteiger partial charge in [0.05, 0.1) is 11.1 Å². The molecule has 0 fully saturated rings. The largest absolute Gasteiger partial charge is 0.350 e. The number of non-ortho nitro benzene ring substituents is 1. The number of nitrogens with zero attached hydrogens (tertiary/aromatic N) is 2. The lowest BCUT2D eigenvalue weighted by molar-refractivity contribution is -0.384. The van der Waals surface area contributed by atoms with E-state index >= 15 is 0 Å². The molecule has 0 saturated carbocycles. The minimum Gasteiger partial charge on any atom is -0.350 e. The highest BCUT2D eigenvalue weighted by Gasteiger charge is 2.17. The topological polar surface area (TPSA) is 100 Å². The Morgan fingerprint density at radius 3 is 2.13 bits per heavy atom. The Morgan fingerprint density at radius 2 is 1.52 bits per heavy atom. The fraction of sp³-hybridized carbons (Fsp3) is 0. The van der Waals surface area contributed by atoms with Gasteiger partial charge in [-0.15, -0.1) is 0 Å². The molecule has 4 aromatic rings. The van der Waals surface area contributed by atoms with E-state index in [1.807, 2.05) is 66.7 Å². The summed E-state index contributed by atoms with van der Waals surface area (Å²) in [5.74, 6) is -0.390. The number of nitrogens with one attached hydrogen (secondary N) is 2. The third-order valence-corrected chi connectivity index (χ3v) is 4.70. The quantitative estimate of drug-likeness (QED) is 0.265. The van der Waals surface area contributed by atoms with Crippen molar-refractivity contribution < 1.29 is 9.72 Å². The number of rotatable bonds is 6. The first-order valence-corrected chi connectivity index (χ1v) is 9.53. The van der Waals surface area contributed by atoms with Crippen LogP contribution in [-0.4, -0.2) is 22.0 Å². The molecule has 0 spiro atoms. The van der Waals surface area contributed by atoms with E-state index in [1.54, 1.807) is 12.1 Å². The van der Waals surface area contributed by atoms with Crippen molar-refractivity contribution in [2.24, 2.45) is 5.10 Å². The summed E-state index contributed by atoms with van der Waals surface area (Å²) in [7, 11) is 0. The highest BCUT2D eigenvalue weighted by Crippen LogP contribution is 2.29. The van der Waals surface area contributed by atoms with Gasteiger partial charge in [-0.05, 0) is 34.9 Å². The van der Waals surface area contributed by atoms with Gasteiger partial charge in [0.25, 0.3) is 11.6 Å². The fourth-order valence-electron chi connectivity index (χ4n) is 3.16. The number of hydrogen-bond acceptors (Lipinski definition) is 4. The molecule has 1 aromatic heterocycles. The highest BCUT2D eigenvalue weighted by molar-refractivity contribution is 6.01. The zero-order valence-electron chi connectivity index (χ0n) is 16.4. The Hall–Kier alpha value is -4.52. The van der Waals surface area contributed by atoms with Crippen molar-refractivity contribution in [1.82, 2.24) is 10.4 Å². The molecule has 152 valence electrons. The molecule has 0 unspecified atom stereocenters. The molecule has 0 aliphatic rings. The molecule has 1 amide bonds. The molecule has 4 rings (SSSR count). The number of H-pyrrole nitrogens is 1. The van der Waals surface area contributed by atoms with E-state index in [4.69, 9.17) is 0 Å². The predicted octanol–water partition coefficient (Wildman–Crippen LogP) is 5.02. The third kappa shape index (κ3) is 4.56. The van der Waals surface area contributed by atoms with Crippen molar-refractivity contribution >= 4 is 17.8 Å². The lowest BCUT2D eigenvalue weighted by Gasteiger charge is -2.03. The van der Waals surface area contributed by atoms with Gasteiger partial charge in [0.2, 0.25) is 0 Å². The number of hydrogen-bond donors (Lipinski definition) is 2. The maximum atomic E-state index is 12.9. The summed E-state index contributed by atoms with van der Waals surface area (Å²) in [6, 6.07) is 27.2. The summed E-state index contributed by atoms with van der Waals surface area (Å²) in [5, 5.41) is 14.7. The second-order valence-electron chi connectivity index (χ2n) is 6.75. The predicted molar refractivity (Wildman–Crippen MR) is 120 cm³/mol. The molecule has 31 heavy (non-hydrogen) atoms. The van der Waals surface area contributed by atoms with Gasteiger partial charge in [-0.2, -0.15) is 5.10 Å². The van der Waals surface area contributed by atoms with Crippen molar-refractivity contribution in [2.75, 3.05) is 0 Å². The summed E-state index contributed by atoms with van der Waals surface area (Å²) in [6.07, 6.45) is 1.44. The Morgan fingerprint density at radius 1 is 0.903 bits per heavy atom. The lowest BCUT2D eigenvalue weighted by Crippen LogP contribution is -2.18. The van der Waals surface area contributed by atoms with Crippen LogP contribution in [0.3, 0.4) is 0 Å². The average molecular weight is 410 g/mol. The number of carbonyl (C=O) groups excluding carboxylic acids is 1. The van der Waals surface area contributed by atoms with Gasteiger partial charge in [-0.25, -0.2) is 5.43 Å². The van der Waals surface area contributed by atoms with Crippen LogP contribution in [0.5, 0.6) is 0 Å². The zero-order chi connectivity index (χ0) is 21.6. The first-order valence-electron chi connectivity index (χ1n) is 9.53. The Labute approximate surface area is 178 Å². The number of nitro groups is 1. The second kappa shape index (κ2) is 8.87. The molecule has 7 heteroatoms. The standard InChI is InChI=1S/C24H18N4O3/c29-24(27-25-16-17-11-13-20(14-12-17)28(30)31)23-21(18-7-3-1-4-8-18)15-22(26-23)19-9-5-2-6-10-19/h1-16,26H,(H,27,29)/b25-16-. The van der Waals surface area contributed by atoms with Crippen molar-refractivity contribution in [2.45, 2.75) is 0 Å². The summed E-state index contributed by atoms with van der Waals surface area (Å²) in [6.45, 7) is 0. The maximum Gasteiger partial charge on any atom is 0.288 e. The highest BCUT2D eigenvalue weighted by atomic mass is 16.6. The van der Waals surface area contributed by atoms with Crippen LogP contribution in [0.2, 0.25) is 0 Å². The molecule has 0 atom stereocenters. The van der Waals surface area contributed by atoms with E-state index in [9.17, 15) is 14.9 Å². The summed E-state index contributed by atoms with van der Waals surface area (Å²) >= 11 is 0. The monoisotopic (exact) mass is 410 g/mol. The number of aromatic nitrogens is 1. The van der Waals surface area contributed by atoms with Crippen molar-refractivity contribution in [3.05, 3.63) is 112 Å². The number of carbonyl (C=O) groups is 1. The number of aromatic amines is 1. The molecule has 2 N–H and O–H groups in total. The average Bonchev–Trinajstić information content (AvgIpc) is 3.26. The van der Waals surface area contributed by atoms with Crippen LogP contribution >= 0.6 is 0 Å². The lowest BCUT2D eigenvalue weighted by atomic mass is 10.0. The Kier molecular flexibility index (Phi) is 5.66. The Bertz CT molecular complexity index is 1230. The minimum atomic E-state index is -0.469. The molecule has 1 heterocycles. The molecule has 7 nitrogen and oxygen atoms in total. The van der Waals surface area contributed by atoms with Crippen molar-refractivity contribution in [3.8, 4) is 22.4 Å². The van der Waals surface area contributed by atoms with E-state index in [0.29, 0.717) is 11.3 Å². The molecular formula is C24H18N4O3. The molecular weight excluding hydrogens is 392 g/mol. The van der Waals surface area contributed by atoms with Gasteiger partial charge in [0.1, 0.15) is 5.69 Å². The van der Waals surface area contributed by atoms with Crippen LogP contribution in [0.4, 0.5) is 5.69 Å². The van der Waals surface area contributed by atoms with E-state index in [1.165, 1.54) is 18.3 Å². The molecule has 0 aliphatic carbocycles. The first-order chi connectivity index (χ1) is 15.1. The van der Waals surface area contributed by atoms with Gasteiger partial charge in [0.15, 0.2) is 0 Å². The number of benzene rings is 3. The zero-order valence-corrected chi connectivity index (χ0v) is 16.4. The molecule has 0 aliphatic heterocycles. The molecule has 0 saturated heterocycles. The first kappa shape index (κ1) is 19.8. The summed E-state index contributed by atoms with van der Waals surface area (Å²) in [4.78, 5) is 26.3. The van der Waals surface area contributed by atoms with E-state index in [-0.39, 0.29) is 11.6 Å². The fourth-order valence-corrected chi connectivity index (χ4v) is 3.16.